The average molecular weight is 307 g/mol. The Bertz CT molecular complexity index is 391. The summed E-state index contributed by atoms with van der Waals surface area (Å²) in [7, 11) is 0. The minimum Gasteiger partial charge on any atom is -0.411 e. The maximum absolute atomic E-state index is 8.44. The molecule has 0 atom stereocenters. The first-order valence-corrected chi connectivity index (χ1v) is 8.61. The molecule has 0 bridgehead atoms. The molecule has 0 aliphatic heterocycles. The summed E-state index contributed by atoms with van der Waals surface area (Å²) in [6, 6.07) is 3.78. The van der Waals surface area contributed by atoms with Gasteiger partial charge >= 0.3 is 0 Å². The van der Waals surface area contributed by atoms with Crippen molar-refractivity contribution in [1.29, 1.82) is 0 Å². The molecule has 22 heavy (non-hydrogen) atoms. The van der Waals surface area contributed by atoms with Crippen molar-refractivity contribution in [2.75, 3.05) is 6.61 Å². The number of rotatable bonds is 13. The third-order valence-corrected chi connectivity index (χ3v) is 3.76. The zero-order valence-electron chi connectivity index (χ0n) is 13.9. The summed E-state index contributed by atoms with van der Waals surface area (Å²) in [4.78, 5) is 0. The Morgan fingerprint density at radius 3 is 2.18 bits per heavy atom. The lowest BCUT2D eigenvalue weighted by molar-refractivity contribution is -0.732. The summed E-state index contributed by atoms with van der Waals surface area (Å²) in [5, 5.41) is 11.4. The molecule has 1 heterocycles. The molecule has 1 aromatic heterocycles. The number of oxime groups is 1. The van der Waals surface area contributed by atoms with Crippen molar-refractivity contribution in [1.82, 2.24) is 0 Å². The van der Waals surface area contributed by atoms with E-state index in [0.29, 0.717) is 6.73 Å². The van der Waals surface area contributed by atoms with Gasteiger partial charge in [0.1, 0.15) is 0 Å². The molecular weight excluding hydrogens is 276 g/mol. The average Bonchev–Trinajstić information content (AvgIpc) is 2.54. The Morgan fingerprint density at radius 2 is 1.59 bits per heavy atom. The lowest BCUT2D eigenvalue weighted by Gasteiger charge is -2.02. The second-order valence-corrected chi connectivity index (χ2v) is 5.76. The molecule has 1 rings (SSSR count). The number of nitrogens with zero attached hydrogens (tertiary/aromatic N) is 2. The lowest BCUT2D eigenvalue weighted by Crippen LogP contribution is -2.34. The van der Waals surface area contributed by atoms with Gasteiger partial charge in [-0.15, -0.1) is 0 Å². The standard InChI is InChI=1S/C18H30N2O2/c1-2-3-4-5-6-7-8-9-10-15-22-17-20-13-11-18(12-14-20)16-19-21/h11-14,16H,2-10,15,17H2,1H3/p+1. The molecule has 0 aliphatic carbocycles. The van der Waals surface area contributed by atoms with E-state index in [2.05, 4.69) is 12.1 Å². The molecule has 0 saturated carbocycles. The van der Waals surface area contributed by atoms with Gasteiger partial charge in [0.25, 0.3) is 6.73 Å². The highest BCUT2D eigenvalue weighted by Gasteiger charge is 2.00. The fraction of sp³-hybridized carbons (Fsp3) is 0.667. The number of ether oxygens (including phenoxy) is 1. The molecule has 4 nitrogen and oxygen atoms in total. The maximum atomic E-state index is 8.44. The van der Waals surface area contributed by atoms with Gasteiger partial charge in [-0.3, -0.25) is 0 Å². The number of hydrogen-bond acceptors (Lipinski definition) is 3. The molecule has 1 aromatic rings. The van der Waals surface area contributed by atoms with Crippen LogP contribution >= 0.6 is 0 Å². The molecule has 0 fully saturated rings. The Morgan fingerprint density at radius 1 is 1.00 bits per heavy atom. The topological polar surface area (TPSA) is 45.7 Å². The molecule has 124 valence electrons. The zero-order chi connectivity index (χ0) is 15.9. The van der Waals surface area contributed by atoms with E-state index in [4.69, 9.17) is 9.94 Å². The van der Waals surface area contributed by atoms with Crippen LogP contribution in [0.1, 0.15) is 70.3 Å². The molecule has 0 saturated heterocycles. The smallest absolute Gasteiger partial charge is 0.252 e. The van der Waals surface area contributed by atoms with Gasteiger partial charge in [0.05, 0.1) is 12.8 Å². The van der Waals surface area contributed by atoms with Gasteiger partial charge in [-0.25, -0.2) is 0 Å². The molecular formula is C18H31N2O2+. The third-order valence-electron chi connectivity index (χ3n) is 3.76. The highest BCUT2D eigenvalue weighted by Crippen LogP contribution is 2.09. The van der Waals surface area contributed by atoms with Gasteiger partial charge < -0.3 is 9.94 Å². The first kappa shape index (κ1) is 18.6. The first-order valence-electron chi connectivity index (χ1n) is 8.61. The van der Waals surface area contributed by atoms with Crippen molar-refractivity contribution in [2.24, 2.45) is 5.16 Å². The van der Waals surface area contributed by atoms with Crippen LogP contribution in [-0.2, 0) is 11.5 Å². The monoisotopic (exact) mass is 307 g/mol. The molecule has 0 spiro atoms. The summed E-state index contributed by atoms with van der Waals surface area (Å²) in [6.07, 6.45) is 17.3. The van der Waals surface area contributed by atoms with Crippen LogP contribution in [0.4, 0.5) is 0 Å². The van der Waals surface area contributed by atoms with E-state index in [1.165, 1.54) is 57.6 Å². The van der Waals surface area contributed by atoms with Gasteiger partial charge in [-0.1, -0.05) is 63.4 Å². The Kier molecular flexibility index (Phi) is 11.2. The number of pyridine rings is 1. The van der Waals surface area contributed by atoms with Crippen molar-refractivity contribution < 1.29 is 14.5 Å². The van der Waals surface area contributed by atoms with E-state index in [9.17, 15) is 0 Å². The van der Waals surface area contributed by atoms with Crippen LogP contribution in [0, 0.1) is 0 Å². The van der Waals surface area contributed by atoms with Crippen LogP contribution in [0.15, 0.2) is 29.7 Å². The predicted octanol–water partition coefficient (Wildman–Crippen LogP) is 4.29. The van der Waals surface area contributed by atoms with Crippen LogP contribution in [-0.4, -0.2) is 18.0 Å². The van der Waals surface area contributed by atoms with Gasteiger partial charge in [-0.2, -0.15) is 4.57 Å². The van der Waals surface area contributed by atoms with Gasteiger partial charge in [0, 0.05) is 17.7 Å². The molecule has 0 radical (unpaired) electrons. The van der Waals surface area contributed by atoms with E-state index in [1.54, 1.807) is 0 Å². The number of aromatic nitrogens is 1. The lowest BCUT2D eigenvalue weighted by atomic mass is 10.1. The summed E-state index contributed by atoms with van der Waals surface area (Å²) >= 11 is 0. The maximum Gasteiger partial charge on any atom is 0.252 e. The second kappa shape index (κ2) is 13.3. The van der Waals surface area contributed by atoms with E-state index >= 15 is 0 Å². The first-order chi connectivity index (χ1) is 10.9. The van der Waals surface area contributed by atoms with Crippen molar-refractivity contribution >= 4 is 6.21 Å². The second-order valence-electron chi connectivity index (χ2n) is 5.76. The number of hydrogen-bond donors (Lipinski definition) is 1. The minimum atomic E-state index is 0.577. The summed E-state index contributed by atoms with van der Waals surface area (Å²) in [6.45, 7) is 3.66. The third kappa shape index (κ3) is 9.50. The summed E-state index contributed by atoms with van der Waals surface area (Å²) in [5.41, 5.74) is 0.873. The molecule has 0 unspecified atom stereocenters. The van der Waals surface area contributed by atoms with Crippen molar-refractivity contribution in [3.8, 4) is 0 Å². The molecule has 4 heteroatoms. The van der Waals surface area contributed by atoms with Crippen LogP contribution in [0.3, 0.4) is 0 Å². The van der Waals surface area contributed by atoms with E-state index in [0.717, 1.165) is 18.6 Å². The highest BCUT2D eigenvalue weighted by molar-refractivity contribution is 5.78. The molecule has 0 aromatic carbocycles. The van der Waals surface area contributed by atoms with Gasteiger partial charge in [-0.05, 0) is 6.42 Å². The van der Waals surface area contributed by atoms with Crippen LogP contribution in [0.25, 0.3) is 0 Å². The van der Waals surface area contributed by atoms with Crippen molar-refractivity contribution in [2.45, 2.75) is 71.4 Å². The van der Waals surface area contributed by atoms with Crippen LogP contribution < -0.4 is 4.57 Å². The Hall–Kier alpha value is -1.42. The molecule has 1 N–H and O–H groups in total. The fourth-order valence-electron chi connectivity index (χ4n) is 2.39. The minimum absolute atomic E-state index is 0.577. The van der Waals surface area contributed by atoms with Crippen molar-refractivity contribution in [3.05, 3.63) is 30.1 Å². The predicted molar refractivity (Wildman–Crippen MR) is 89.2 cm³/mol. The number of unbranched alkanes of at least 4 members (excludes halogenated alkanes) is 8. The van der Waals surface area contributed by atoms with E-state index < -0.39 is 0 Å². The molecule has 0 aliphatic rings. The van der Waals surface area contributed by atoms with E-state index in [1.807, 2.05) is 29.1 Å². The normalized spacial score (nSPS) is 11.3. The largest absolute Gasteiger partial charge is 0.411 e. The van der Waals surface area contributed by atoms with Crippen molar-refractivity contribution in [3.63, 3.8) is 0 Å². The van der Waals surface area contributed by atoms with Gasteiger partial charge in [0.15, 0.2) is 12.4 Å². The quantitative estimate of drug-likeness (QED) is 0.194. The van der Waals surface area contributed by atoms with Gasteiger partial charge in [0.2, 0.25) is 0 Å². The zero-order valence-corrected chi connectivity index (χ0v) is 13.9. The SMILES string of the molecule is CCCCCCCCCCCOC[n+]1ccc(/C=N/O)cc1. The van der Waals surface area contributed by atoms with Crippen LogP contribution in [0.5, 0.6) is 0 Å². The highest BCUT2D eigenvalue weighted by atomic mass is 16.5. The fourth-order valence-corrected chi connectivity index (χ4v) is 2.39. The Labute approximate surface area is 134 Å². The summed E-state index contributed by atoms with van der Waals surface area (Å²) in [5.74, 6) is 0. The Balaban J connectivity index is 1.93. The van der Waals surface area contributed by atoms with E-state index in [-0.39, 0.29) is 0 Å². The molecule has 0 amide bonds. The van der Waals surface area contributed by atoms with Crippen LogP contribution in [0.2, 0.25) is 0 Å². The summed E-state index contributed by atoms with van der Waals surface area (Å²) < 4.78 is 7.63.